The molecule has 3 heterocycles. The highest BCUT2D eigenvalue weighted by atomic mass is 32.2. The van der Waals surface area contributed by atoms with Gasteiger partial charge in [0.1, 0.15) is 5.82 Å². The van der Waals surface area contributed by atoms with Crippen LogP contribution in [0.1, 0.15) is 31.5 Å². The highest BCUT2D eigenvalue weighted by molar-refractivity contribution is 7.86. The second-order valence-corrected chi connectivity index (χ2v) is 8.82. The zero-order chi connectivity index (χ0) is 18.2. The predicted octanol–water partition coefficient (Wildman–Crippen LogP) is -0.727. The summed E-state index contributed by atoms with van der Waals surface area (Å²) in [6, 6.07) is 0. The van der Waals surface area contributed by atoms with Gasteiger partial charge in [0.05, 0.1) is 0 Å². The molecule has 0 radical (unpaired) electrons. The molecule has 0 unspecified atom stereocenters. The number of hydrogen-bond acceptors (Lipinski definition) is 5. The van der Waals surface area contributed by atoms with E-state index in [1.54, 1.807) is 20.2 Å². The fourth-order valence-corrected chi connectivity index (χ4v) is 5.27. The van der Waals surface area contributed by atoms with Crippen LogP contribution in [-0.2, 0) is 23.8 Å². The summed E-state index contributed by atoms with van der Waals surface area (Å²) in [5, 5.41) is 4.37. The standard InChI is InChI=1S/C15H28N6O3S/c1-4-21-14(16-18(3)15(21)22)13-5-7-19(8-6-13)25(23,24)20-11-9-17(2)10-12-20/h13H,4-12H2,1-3H3. The van der Waals surface area contributed by atoms with E-state index in [1.165, 1.54) is 4.68 Å². The Morgan fingerprint density at radius 1 is 1.00 bits per heavy atom. The lowest BCUT2D eigenvalue weighted by Crippen LogP contribution is -2.53. The van der Waals surface area contributed by atoms with Gasteiger partial charge in [-0.15, -0.1) is 0 Å². The molecule has 0 N–H and O–H groups in total. The van der Waals surface area contributed by atoms with E-state index in [4.69, 9.17) is 0 Å². The van der Waals surface area contributed by atoms with Gasteiger partial charge < -0.3 is 4.90 Å². The van der Waals surface area contributed by atoms with E-state index in [1.807, 2.05) is 14.0 Å². The van der Waals surface area contributed by atoms with Crippen molar-refractivity contribution in [3.63, 3.8) is 0 Å². The van der Waals surface area contributed by atoms with Gasteiger partial charge in [0.2, 0.25) is 0 Å². The van der Waals surface area contributed by atoms with Crippen molar-refractivity contribution < 1.29 is 8.42 Å². The van der Waals surface area contributed by atoms with Crippen LogP contribution in [0.3, 0.4) is 0 Å². The second kappa shape index (κ2) is 7.18. The first-order chi connectivity index (χ1) is 11.8. The molecule has 10 heteroatoms. The number of aryl methyl sites for hydroxylation is 1. The van der Waals surface area contributed by atoms with E-state index < -0.39 is 10.2 Å². The highest BCUT2D eigenvalue weighted by Gasteiger charge is 2.35. The molecule has 1 aromatic heterocycles. The Morgan fingerprint density at radius 3 is 2.12 bits per heavy atom. The SMILES string of the molecule is CCn1c(C2CCN(S(=O)(=O)N3CCN(C)CC3)CC2)nn(C)c1=O. The van der Waals surface area contributed by atoms with Gasteiger partial charge in [-0.05, 0) is 26.8 Å². The van der Waals surface area contributed by atoms with Gasteiger partial charge in [-0.25, -0.2) is 9.48 Å². The van der Waals surface area contributed by atoms with Crippen LogP contribution in [0.2, 0.25) is 0 Å². The fourth-order valence-electron chi connectivity index (χ4n) is 3.65. The summed E-state index contributed by atoms with van der Waals surface area (Å²) in [5.41, 5.74) is -0.106. The predicted molar refractivity (Wildman–Crippen MR) is 94.7 cm³/mol. The van der Waals surface area contributed by atoms with Crippen molar-refractivity contribution in [2.45, 2.75) is 32.2 Å². The zero-order valence-electron chi connectivity index (χ0n) is 15.3. The summed E-state index contributed by atoms with van der Waals surface area (Å²) >= 11 is 0. The smallest absolute Gasteiger partial charge is 0.304 e. The second-order valence-electron chi connectivity index (χ2n) is 6.89. The molecular formula is C15H28N6O3S. The summed E-state index contributed by atoms with van der Waals surface area (Å²) in [6.07, 6.45) is 1.40. The Hall–Kier alpha value is -1.23. The first-order valence-electron chi connectivity index (χ1n) is 8.92. The first-order valence-corrected chi connectivity index (χ1v) is 10.3. The molecule has 0 atom stereocenters. The lowest BCUT2D eigenvalue weighted by molar-refractivity contribution is 0.205. The lowest BCUT2D eigenvalue weighted by Gasteiger charge is -2.37. The Kier molecular flexibility index (Phi) is 5.33. The van der Waals surface area contributed by atoms with E-state index in [2.05, 4.69) is 10.00 Å². The van der Waals surface area contributed by atoms with Crippen LogP contribution in [0.4, 0.5) is 0 Å². The molecule has 2 saturated heterocycles. The minimum Gasteiger partial charge on any atom is -0.304 e. The molecule has 25 heavy (non-hydrogen) atoms. The third-order valence-corrected chi connectivity index (χ3v) is 7.32. The van der Waals surface area contributed by atoms with Crippen molar-refractivity contribution in [3.8, 4) is 0 Å². The van der Waals surface area contributed by atoms with Crippen LogP contribution in [0, 0.1) is 0 Å². The molecule has 0 aliphatic carbocycles. The highest BCUT2D eigenvalue weighted by Crippen LogP contribution is 2.28. The first kappa shape index (κ1) is 18.6. The van der Waals surface area contributed by atoms with Gasteiger partial charge in [-0.3, -0.25) is 4.57 Å². The van der Waals surface area contributed by atoms with E-state index in [0.29, 0.717) is 45.6 Å². The summed E-state index contributed by atoms with van der Waals surface area (Å²) in [5.74, 6) is 0.916. The summed E-state index contributed by atoms with van der Waals surface area (Å²) in [6.45, 7) is 6.12. The monoisotopic (exact) mass is 372 g/mol. The fraction of sp³-hybridized carbons (Fsp3) is 0.867. The van der Waals surface area contributed by atoms with E-state index in [0.717, 1.165) is 18.9 Å². The Bertz CT molecular complexity index is 755. The van der Waals surface area contributed by atoms with Crippen molar-refractivity contribution in [1.82, 2.24) is 27.9 Å². The number of piperazine rings is 1. The number of rotatable bonds is 4. The maximum Gasteiger partial charge on any atom is 0.345 e. The summed E-state index contributed by atoms with van der Waals surface area (Å²) in [4.78, 5) is 14.2. The number of likely N-dealkylation sites (N-methyl/N-ethyl adjacent to an activating group) is 1. The maximum absolute atomic E-state index is 12.8. The maximum atomic E-state index is 12.8. The molecule has 0 saturated carbocycles. The minimum absolute atomic E-state index is 0.106. The zero-order valence-corrected chi connectivity index (χ0v) is 16.1. The minimum atomic E-state index is -3.39. The van der Waals surface area contributed by atoms with Gasteiger partial charge in [0.15, 0.2) is 0 Å². The van der Waals surface area contributed by atoms with E-state index >= 15 is 0 Å². The quantitative estimate of drug-likeness (QED) is 0.696. The molecule has 2 aliphatic rings. The molecule has 0 aromatic carbocycles. The van der Waals surface area contributed by atoms with Crippen LogP contribution < -0.4 is 5.69 Å². The van der Waals surface area contributed by atoms with Crippen LogP contribution in [0.25, 0.3) is 0 Å². The Labute approximate surface area is 149 Å². The molecule has 2 aliphatic heterocycles. The molecule has 2 fully saturated rings. The van der Waals surface area contributed by atoms with Gasteiger partial charge >= 0.3 is 5.69 Å². The average Bonchev–Trinajstić information content (AvgIpc) is 2.90. The van der Waals surface area contributed by atoms with Gasteiger partial charge in [0, 0.05) is 58.8 Å². The molecular weight excluding hydrogens is 344 g/mol. The van der Waals surface area contributed by atoms with Crippen molar-refractivity contribution in [1.29, 1.82) is 0 Å². The molecule has 9 nitrogen and oxygen atoms in total. The molecule has 0 bridgehead atoms. The van der Waals surface area contributed by atoms with Crippen molar-refractivity contribution in [3.05, 3.63) is 16.3 Å². The van der Waals surface area contributed by atoms with Crippen molar-refractivity contribution in [2.24, 2.45) is 7.05 Å². The van der Waals surface area contributed by atoms with Crippen LogP contribution in [0.15, 0.2) is 4.79 Å². The van der Waals surface area contributed by atoms with Gasteiger partial charge in [-0.2, -0.15) is 22.1 Å². The van der Waals surface area contributed by atoms with Crippen LogP contribution in [-0.4, -0.2) is 82.6 Å². The van der Waals surface area contributed by atoms with Crippen molar-refractivity contribution >= 4 is 10.2 Å². The number of nitrogens with zero attached hydrogens (tertiary/aromatic N) is 6. The topological polar surface area (TPSA) is 83.7 Å². The number of piperidine rings is 1. The van der Waals surface area contributed by atoms with Crippen LogP contribution in [0.5, 0.6) is 0 Å². The largest absolute Gasteiger partial charge is 0.345 e. The third-order valence-electron chi connectivity index (χ3n) is 5.29. The molecule has 0 amide bonds. The molecule has 142 valence electrons. The third kappa shape index (κ3) is 3.53. The van der Waals surface area contributed by atoms with Gasteiger partial charge in [-0.1, -0.05) is 0 Å². The van der Waals surface area contributed by atoms with E-state index in [-0.39, 0.29) is 11.6 Å². The molecule has 1 aromatic rings. The van der Waals surface area contributed by atoms with Crippen LogP contribution >= 0.6 is 0 Å². The number of hydrogen-bond donors (Lipinski definition) is 0. The van der Waals surface area contributed by atoms with E-state index in [9.17, 15) is 13.2 Å². The molecule has 0 spiro atoms. The summed E-state index contributed by atoms with van der Waals surface area (Å²) in [7, 11) is 0.280. The molecule has 3 rings (SSSR count). The Balaban J connectivity index is 1.68. The lowest BCUT2D eigenvalue weighted by atomic mass is 9.97. The average molecular weight is 372 g/mol. The van der Waals surface area contributed by atoms with Gasteiger partial charge in [0.25, 0.3) is 10.2 Å². The van der Waals surface area contributed by atoms with Crippen molar-refractivity contribution in [2.75, 3.05) is 46.3 Å². The summed E-state index contributed by atoms with van der Waals surface area (Å²) < 4.78 is 31.9. The Morgan fingerprint density at radius 2 is 1.56 bits per heavy atom. The normalized spacial score (nSPS) is 22.5. The number of aromatic nitrogens is 3.